The van der Waals surface area contributed by atoms with Crippen LogP contribution in [0.1, 0.15) is 13.3 Å². The highest BCUT2D eigenvalue weighted by molar-refractivity contribution is 7.89. The Hall–Kier alpha value is -0.890. The number of hydrogen-bond acceptors (Lipinski definition) is 4. The number of hydrogen-bond donors (Lipinski definition) is 1. The van der Waals surface area contributed by atoms with Crippen molar-refractivity contribution >= 4 is 27.3 Å². The molecule has 2 N–H and O–H groups in total. The van der Waals surface area contributed by atoms with Crippen molar-refractivity contribution in [3.05, 3.63) is 23.0 Å². The molecule has 1 aromatic rings. The summed E-state index contributed by atoms with van der Waals surface area (Å²) in [6.07, 6.45) is 0.692. The second-order valence-electron chi connectivity index (χ2n) is 5.39. The molecule has 0 aliphatic carbocycles. The number of sulfonamides is 1. The first-order chi connectivity index (χ1) is 9.73. The van der Waals surface area contributed by atoms with Gasteiger partial charge in [0.05, 0.1) is 5.69 Å². The van der Waals surface area contributed by atoms with Crippen LogP contribution in [0.4, 0.5) is 10.1 Å². The van der Waals surface area contributed by atoms with Gasteiger partial charge in [-0.25, -0.2) is 12.8 Å². The maximum atomic E-state index is 14.1. The van der Waals surface area contributed by atoms with E-state index in [1.807, 2.05) is 14.0 Å². The van der Waals surface area contributed by atoms with Crippen molar-refractivity contribution in [3.8, 4) is 0 Å². The summed E-state index contributed by atoms with van der Waals surface area (Å²) in [5.74, 6) is -0.941. The molecule has 1 aliphatic heterocycles. The van der Waals surface area contributed by atoms with E-state index in [1.165, 1.54) is 10.4 Å². The second-order valence-corrected chi connectivity index (χ2v) is 7.68. The minimum atomic E-state index is -3.97. The van der Waals surface area contributed by atoms with Crippen LogP contribution in [0.25, 0.3) is 0 Å². The van der Waals surface area contributed by atoms with Gasteiger partial charge in [-0.1, -0.05) is 11.6 Å². The molecule has 0 amide bonds. The van der Waals surface area contributed by atoms with Crippen molar-refractivity contribution < 1.29 is 12.8 Å². The molecule has 2 rings (SSSR count). The first kappa shape index (κ1) is 16.5. The van der Waals surface area contributed by atoms with Gasteiger partial charge in [-0.05, 0) is 39.1 Å². The molecule has 21 heavy (non-hydrogen) atoms. The fourth-order valence-electron chi connectivity index (χ4n) is 2.61. The monoisotopic (exact) mass is 335 g/mol. The SMILES string of the molecule is CC1CN(C)CCCN1S(=O)(=O)c1cc(Cl)cc(N)c1F. The summed E-state index contributed by atoms with van der Waals surface area (Å²) < 4.78 is 40.9. The maximum Gasteiger partial charge on any atom is 0.246 e. The van der Waals surface area contributed by atoms with Gasteiger partial charge >= 0.3 is 0 Å². The van der Waals surface area contributed by atoms with Crippen LogP contribution in [0.15, 0.2) is 17.0 Å². The van der Waals surface area contributed by atoms with E-state index in [0.717, 1.165) is 12.6 Å². The van der Waals surface area contributed by atoms with Crippen molar-refractivity contribution in [2.45, 2.75) is 24.3 Å². The van der Waals surface area contributed by atoms with Crippen LogP contribution < -0.4 is 5.73 Å². The Morgan fingerprint density at radius 3 is 2.71 bits per heavy atom. The van der Waals surface area contributed by atoms with Crippen LogP contribution in [0.2, 0.25) is 5.02 Å². The quantitative estimate of drug-likeness (QED) is 0.837. The summed E-state index contributed by atoms with van der Waals surface area (Å²) in [4.78, 5) is 1.60. The first-order valence-electron chi connectivity index (χ1n) is 6.68. The Balaban J connectivity index is 2.46. The number of likely N-dealkylation sites (N-methyl/N-ethyl adjacent to an activating group) is 1. The van der Waals surface area contributed by atoms with E-state index in [-0.39, 0.29) is 16.8 Å². The highest BCUT2D eigenvalue weighted by atomic mass is 35.5. The van der Waals surface area contributed by atoms with E-state index in [1.54, 1.807) is 0 Å². The van der Waals surface area contributed by atoms with Crippen LogP contribution in [-0.2, 0) is 10.0 Å². The highest BCUT2D eigenvalue weighted by Gasteiger charge is 2.33. The third-order valence-electron chi connectivity index (χ3n) is 3.60. The van der Waals surface area contributed by atoms with E-state index in [0.29, 0.717) is 19.5 Å². The molecule has 1 saturated heterocycles. The number of rotatable bonds is 2. The molecule has 1 aromatic carbocycles. The van der Waals surface area contributed by atoms with Crippen LogP contribution in [0.5, 0.6) is 0 Å². The lowest BCUT2D eigenvalue weighted by Crippen LogP contribution is -2.42. The second kappa shape index (κ2) is 6.08. The largest absolute Gasteiger partial charge is 0.396 e. The van der Waals surface area contributed by atoms with Crippen LogP contribution in [0, 0.1) is 5.82 Å². The normalized spacial score (nSPS) is 22.2. The lowest BCUT2D eigenvalue weighted by Gasteiger charge is -2.27. The van der Waals surface area contributed by atoms with Crippen molar-refractivity contribution in [1.29, 1.82) is 0 Å². The van der Waals surface area contributed by atoms with Crippen molar-refractivity contribution in [3.63, 3.8) is 0 Å². The fourth-order valence-corrected chi connectivity index (χ4v) is 4.68. The Kier molecular flexibility index (Phi) is 4.77. The van der Waals surface area contributed by atoms with Crippen LogP contribution in [-0.4, -0.2) is 50.3 Å². The molecule has 0 bridgehead atoms. The summed E-state index contributed by atoms with van der Waals surface area (Å²) >= 11 is 5.82. The molecule has 1 unspecified atom stereocenters. The molecule has 0 aromatic heterocycles. The number of nitrogen functional groups attached to an aromatic ring is 1. The van der Waals surface area contributed by atoms with Crippen molar-refractivity contribution in [1.82, 2.24) is 9.21 Å². The molecule has 0 spiro atoms. The zero-order valence-electron chi connectivity index (χ0n) is 12.0. The smallest absolute Gasteiger partial charge is 0.246 e. The van der Waals surface area contributed by atoms with E-state index < -0.39 is 20.7 Å². The maximum absolute atomic E-state index is 14.1. The van der Waals surface area contributed by atoms with E-state index in [4.69, 9.17) is 17.3 Å². The molecule has 0 radical (unpaired) electrons. The number of nitrogens with zero attached hydrogens (tertiary/aromatic N) is 2. The number of halogens is 2. The molecular weight excluding hydrogens is 317 g/mol. The minimum Gasteiger partial charge on any atom is -0.396 e. The lowest BCUT2D eigenvalue weighted by atomic mass is 10.3. The molecule has 8 heteroatoms. The van der Waals surface area contributed by atoms with Gasteiger partial charge in [0.25, 0.3) is 0 Å². The standard InChI is InChI=1S/C13H19ClFN3O2S/c1-9-8-17(2)4-3-5-18(9)21(19,20)12-7-10(14)6-11(16)13(12)15/h6-7,9H,3-5,8,16H2,1-2H3. The molecule has 118 valence electrons. The molecule has 1 aliphatic rings. The van der Waals surface area contributed by atoms with Crippen molar-refractivity contribution in [2.75, 3.05) is 32.4 Å². The number of nitrogens with two attached hydrogens (primary N) is 1. The third-order valence-corrected chi connectivity index (χ3v) is 5.84. The van der Waals surface area contributed by atoms with Crippen LogP contribution >= 0.6 is 11.6 Å². The van der Waals surface area contributed by atoms with Gasteiger partial charge in [-0.15, -0.1) is 0 Å². The van der Waals surface area contributed by atoms with E-state index >= 15 is 0 Å². The van der Waals surface area contributed by atoms with Crippen LogP contribution in [0.3, 0.4) is 0 Å². The van der Waals surface area contributed by atoms with E-state index in [2.05, 4.69) is 4.90 Å². The molecule has 1 heterocycles. The molecule has 0 saturated carbocycles. The van der Waals surface area contributed by atoms with Gasteiger partial charge in [0.1, 0.15) is 4.90 Å². The van der Waals surface area contributed by atoms with Gasteiger partial charge < -0.3 is 10.6 Å². The van der Waals surface area contributed by atoms with Gasteiger partial charge in [0, 0.05) is 24.2 Å². The summed E-state index contributed by atoms with van der Waals surface area (Å²) in [7, 11) is -2.03. The third kappa shape index (κ3) is 3.31. The van der Waals surface area contributed by atoms with Gasteiger partial charge in [0.15, 0.2) is 5.82 Å². The van der Waals surface area contributed by atoms with Gasteiger partial charge in [0.2, 0.25) is 10.0 Å². The molecule has 1 atom stereocenters. The fraction of sp³-hybridized carbons (Fsp3) is 0.538. The summed E-state index contributed by atoms with van der Waals surface area (Å²) in [5.41, 5.74) is 5.22. The molecule has 1 fully saturated rings. The summed E-state index contributed by atoms with van der Waals surface area (Å²) in [6.45, 7) is 3.55. The van der Waals surface area contributed by atoms with E-state index in [9.17, 15) is 12.8 Å². The number of benzene rings is 1. The zero-order valence-corrected chi connectivity index (χ0v) is 13.6. The van der Waals surface area contributed by atoms with Crippen molar-refractivity contribution in [2.24, 2.45) is 0 Å². The predicted molar refractivity (Wildman–Crippen MR) is 81.3 cm³/mol. The lowest BCUT2D eigenvalue weighted by molar-refractivity contribution is 0.290. The summed E-state index contributed by atoms with van der Waals surface area (Å²) in [5, 5.41) is 0.104. The zero-order chi connectivity index (χ0) is 15.8. The Morgan fingerprint density at radius 1 is 1.38 bits per heavy atom. The average Bonchev–Trinajstić information content (AvgIpc) is 2.54. The Bertz CT molecular complexity index is 639. The molecular formula is C13H19ClFN3O2S. The minimum absolute atomic E-state index is 0.104. The topological polar surface area (TPSA) is 66.6 Å². The Labute approximate surface area is 129 Å². The summed E-state index contributed by atoms with van der Waals surface area (Å²) in [6, 6.07) is 2.07. The Morgan fingerprint density at radius 2 is 2.05 bits per heavy atom. The molecule has 5 nitrogen and oxygen atoms in total. The highest BCUT2D eigenvalue weighted by Crippen LogP contribution is 2.29. The number of anilines is 1. The van der Waals surface area contributed by atoms with Gasteiger partial charge in [-0.3, -0.25) is 0 Å². The average molecular weight is 336 g/mol. The van der Waals surface area contributed by atoms with Gasteiger partial charge in [-0.2, -0.15) is 4.31 Å². The predicted octanol–water partition coefficient (Wildman–Crippen LogP) is 1.78. The first-order valence-corrected chi connectivity index (χ1v) is 8.50.